The van der Waals surface area contributed by atoms with E-state index < -0.39 is 0 Å². The van der Waals surface area contributed by atoms with Crippen molar-refractivity contribution in [2.24, 2.45) is 17.1 Å². The summed E-state index contributed by atoms with van der Waals surface area (Å²) in [6.45, 7) is 7.65. The molecule has 0 radical (unpaired) electrons. The zero-order valence-corrected chi connectivity index (χ0v) is 11.5. The first kappa shape index (κ1) is 14.5. The van der Waals surface area contributed by atoms with Gasteiger partial charge in [0.15, 0.2) is 0 Å². The number of hydrogen-bond acceptors (Lipinski definition) is 3. The average molecular weight is 241 g/mol. The highest BCUT2D eigenvalue weighted by atomic mass is 16.1. The molecule has 100 valence electrons. The van der Waals surface area contributed by atoms with Gasteiger partial charge in [-0.2, -0.15) is 0 Å². The van der Waals surface area contributed by atoms with Crippen LogP contribution in [0.25, 0.3) is 0 Å². The van der Waals surface area contributed by atoms with Crippen LogP contribution in [-0.4, -0.2) is 44.0 Å². The number of carbonyl (C=O) groups is 1. The lowest BCUT2D eigenvalue weighted by molar-refractivity contribution is -0.122. The molecule has 4 nitrogen and oxygen atoms in total. The van der Waals surface area contributed by atoms with Crippen LogP contribution in [-0.2, 0) is 4.79 Å². The highest BCUT2D eigenvalue weighted by molar-refractivity contribution is 5.76. The Morgan fingerprint density at radius 1 is 1.41 bits per heavy atom. The van der Waals surface area contributed by atoms with Gasteiger partial charge >= 0.3 is 0 Å². The molecule has 1 aliphatic heterocycles. The van der Waals surface area contributed by atoms with Crippen molar-refractivity contribution in [3.63, 3.8) is 0 Å². The smallest absolute Gasteiger partial charge is 0.220 e. The summed E-state index contributed by atoms with van der Waals surface area (Å²) in [7, 11) is 2.14. The van der Waals surface area contributed by atoms with Crippen LogP contribution in [0.4, 0.5) is 0 Å². The van der Waals surface area contributed by atoms with Gasteiger partial charge in [0, 0.05) is 13.0 Å². The molecule has 1 fully saturated rings. The molecule has 0 bridgehead atoms. The number of likely N-dealkylation sites (tertiary alicyclic amines) is 1. The third-order valence-electron chi connectivity index (χ3n) is 3.63. The quantitative estimate of drug-likeness (QED) is 0.749. The molecule has 0 aliphatic carbocycles. The maximum Gasteiger partial charge on any atom is 0.220 e. The summed E-state index contributed by atoms with van der Waals surface area (Å²) in [6, 6.07) is 0. The van der Waals surface area contributed by atoms with E-state index in [9.17, 15) is 4.79 Å². The van der Waals surface area contributed by atoms with Crippen molar-refractivity contribution in [3.8, 4) is 0 Å². The second kappa shape index (κ2) is 6.36. The average Bonchev–Trinajstić information content (AvgIpc) is 2.30. The Morgan fingerprint density at radius 2 is 2.00 bits per heavy atom. The molecule has 0 saturated carbocycles. The van der Waals surface area contributed by atoms with E-state index >= 15 is 0 Å². The van der Waals surface area contributed by atoms with E-state index in [4.69, 9.17) is 5.73 Å². The summed E-state index contributed by atoms with van der Waals surface area (Å²) >= 11 is 0. The first-order valence-electron chi connectivity index (χ1n) is 6.58. The molecule has 0 aromatic rings. The van der Waals surface area contributed by atoms with Crippen LogP contribution in [0.3, 0.4) is 0 Å². The van der Waals surface area contributed by atoms with Crippen LogP contribution in [0.1, 0.15) is 33.1 Å². The van der Waals surface area contributed by atoms with Crippen molar-refractivity contribution < 1.29 is 4.79 Å². The number of nitrogens with one attached hydrogen (secondary N) is 1. The summed E-state index contributed by atoms with van der Waals surface area (Å²) in [5.74, 6) is 0.744. The van der Waals surface area contributed by atoms with E-state index in [-0.39, 0.29) is 11.3 Å². The van der Waals surface area contributed by atoms with Gasteiger partial charge in [-0.25, -0.2) is 0 Å². The minimum atomic E-state index is 0.00242. The first-order valence-corrected chi connectivity index (χ1v) is 6.58. The van der Waals surface area contributed by atoms with Crippen molar-refractivity contribution in [3.05, 3.63) is 0 Å². The molecule has 0 aromatic heterocycles. The second-order valence-electron chi connectivity index (χ2n) is 6.10. The van der Waals surface area contributed by atoms with Crippen LogP contribution in [0.2, 0.25) is 0 Å². The monoisotopic (exact) mass is 241 g/mol. The van der Waals surface area contributed by atoms with Crippen LogP contribution >= 0.6 is 0 Å². The SMILES string of the molecule is CN1CCC(CC(=O)NCC(C)(C)CN)CC1. The Morgan fingerprint density at radius 3 is 2.53 bits per heavy atom. The van der Waals surface area contributed by atoms with E-state index in [0.717, 1.165) is 25.9 Å². The maximum absolute atomic E-state index is 11.8. The maximum atomic E-state index is 11.8. The fourth-order valence-electron chi connectivity index (χ4n) is 2.01. The molecule has 1 heterocycles. The highest BCUT2D eigenvalue weighted by Crippen LogP contribution is 2.19. The molecular weight excluding hydrogens is 214 g/mol. The number of nitrogens with two attached hydrogens (primary N) is 1. The summed E-state index contributed by atoms with van der Waals surface area (Å²) < 4.78 is 0. The molecule has 1 saturated heterocycles. The molecule has 1 aliphatic rings. The molecule has 0 unspecified atom stereocenters. The van der Waals surface area contributed by atoms with Crippen LogP contribution in [0.15, 0.2) is 0 Å². The van der Waals surface area contributed by atoms with E-state index in [1.807, 2.05) is 0 Å². The predicted octanol–water partition coefficient (Wildman–Crippen LogP) is 0.819. The van der Waals surface area contributed by atoms with Gasteiger partial charge in [-0.1, -0.05) is 13.8 Å². The number of hydrogen-bond donors (Lipinski definition) is 2. The summed E-state index contributed by atoms with van der Waals surface area (Å²) in [5.41, 5.74) is 5.64. The molecule has 1 rings (SSSR count). The highest BCUT2D eigenvalue weighted by Gasteiger charge is 2.21. The molecule has 0 aromatic carbocycles. The number of nitrogens with zero attached hydrogens (tertiary/aromatic N) is 1. The largest absolute Gasteiger partial charge is 0.356 e. The fraction of sp³-hybridized carbons (Fsp3) is 0.923. The Kier molecular flexibility index (Phi) is 5.40. The number of carbonyl (C=O) groups excluding carboxylic acids is 1. The predicted molar refractivity (Wildman–Crippen MR) is 70.7 cm³/mol. The van der Waals surface area contributed by atoms with E-state index in [0.29, 0.717) is 25.4 Å². The summed E-state index contributed by atoms with van der Waals surface area (Å²) in [4.78, 5) is 14.1. The van der Waals surface area contributed by atoms with Gasteiger partial charge < -0.3 is 16.0 Å². The zero-order chi connectivity index (χ0) is 12.9. The van der Waals surface area contributed by atoms with Crippen LogP contribution in [0.5, 0.6) is 0 Å². The van der Waals surface area contributed by atoms with Gasteiger partial charge in [0.05, 0.1) is 0 Å². The lowest BCUT2D eigenvalue weighted by Gasteiger charge is -2.29. The van der Waals surface area contributed by atoms with Gasteiger partial charge in [-0.05, 0) is 50.9 Å². The molecule has 4 heteroatoms. The molecular formula is C13H27N3O. The summed E-state index contributed by atoms with van der Waals surface area (Å²) in [6.07, 6.45) is 2.96. The van der Waals surface area contributed by atoms with Crippen LogP contribution < -0.4 is 11.1 Å². The van der Waals surface area contributed by atoms with Gasteiger partial charge in [0.1, 0.15) is 0 Å². The third-order valence-corrected chi connectivity index (χ3v) is 3.63. The lowest BCUT2D eigenvalue weighted by atomic mass is 9.92. The molecule has 3 N–H and O–H groups in total. The van der Waals surface area contributed by atoms with Crippen LogP contribution in [0, 0.1) is 11.3 Å². The third kappa shape index (κ3) is 5.50. The van der Waals surface area contributed by atoms with E-state index in [1.54, 1.807) is 0 Å². The van der Waals surface area contributed by atoms with E-state index in [1.165, 1.54) is 0 Å². The molecule has 1 amide bonds. The number of rotatable bonds is 5. The van der Waals surface area contributed by atoms with Gasteiger partial charge in [-0.3, -0.25) is 4.79 Å². The molecule has 0 spiro atoms. The summed E-state index contributed by atoms with van der Waals surface area (Å²) in [5, 5.41) is 3.00. The second-order valence-corrected chi connectivity index (χ2v) is 6.10. The van der Waals surface area contributed by atoms with Gasteiger partial charge in [0.25, 0.3) is 0 Å². The Labute approximate surface area is 105 Å². The van der Waals surface area contributed by atoms with Crippen molar-refractivity contribution in [2.75, 3.05) is 33.2 Å². The first-order chi connectivity index (χ1) is 7.93. The standard InChI is InChI=1S/C13H27N3O/c1-13(2,9-14)10-15-12(17)8-11-4-6-16(3)7-5-11/h11H,4-10,14H2,1-3H3,(H,15,17). The Bertz CT molecular complexity index is 245. The van der Waals surface area contributed by atoms with Crippen molar-refractivity contribution in [1.29, 1.82) is 0 Å². The Hall–Kier alpha value is -0.610. The van der Waals surface area contributed by atoms with Crippen molar-refractivity contribution in [1.82, 2.24) is 10.2 Å². The fourth-order valence-corrected chi connectivity index (χ4v) is 2.01. The minimum absolute atomic E-state index is 0.00242. The minimum Gasteiger partial charge on any atom is -0.356 e. The zero-order valence-electron chi connectivity index (χ0n) is 11.5. The van der Waals surface area contributed by atoms with Gasteiger partial charge in [0.2, 0.25) is 5.91 Å². The molecule has 17 heavy (non-hydrogen) atoms. The molecule has 0 atom stereocenters. The lowest BCUT2D eigenvalue weighted by Crippen LogP contribution is -2.39. The van der Waals surface area contributed by atoms with Gasteiger partial charge in [-0.15, -0.1) is 0 Å². The number of amides is 1. The van der Waals surface area contributed by atoms with E-state index in [2.05, 4.69) is 31.1 Å². The van der Waals surface area contributed by atoms with Crippen molar-refractivity contribution in [2.45, 2.75) is 33.1 Å². The normalized spacial score (nSPS) is 19.3. The van der Waals surface area contributed by atoms with Crippen molar-refractivity contribution >= 4 is 5.91 Å². The topological polar surface area (TPSA) is 58.4 Å². The number of piperidine rings is 1. The Balaban J connectivity index is 2.21.